The molecule has 1 heterocycles. The number of aromatic amines is 1. The zero-order chi connectivity index (χ0) is 12.9. The minimum absolute atomic E-state index is 0. The number of nitrogens with zero attached hydrogens (tertiary/aromatic N) is 1. The van der Waals surface area contributed by atoms with Crippen molar-refractivity contribution in [3.63, 3.8) is 0 Å². The summed E-state index contributed by atoms with van der Waals surface area (Å²) in [6, 6.07) is 8.10. The van der Waals surface area contributed by atoms with Gasteiger partial charge in [-0.1, -0.05) is 54.7 Å². The summed E-state index contributed by atoms with van der Waals surface area (Å²) < 4.78 is 0. The first-order valence-electron chi connectivity index (χ1n) is 6.56. The van der Waals surface area contributed by atoms with E-state index in [0.717, 1.165) is 29.7 Å². The molecule has 0 saturated carbocycles. The van der Waals surface area contributed by atoms with Crippen LogP contribution in [0.5, 0.6) is 0 Å². The average molecular weight is 304 g/mol. The van der Waals surface area contributed by atoms with E-state index in [4.69, 9.17) is 0 Å². The van der Waals surface area contributed by atoms with Crippen molar-refractivity contribution in [1.82, 2.24) is 9.97 Å². The first-order chi connectivity index (χ1) is 9.43. The maximum atomic E-state index is 4.53. The molecule has 102 valence electrons. The summed E-state index contributed by atoms with van der Waals surface area (Å²) in [4.78, 5) is 7.85. The summed E-state index contributed by atoms with van der Waals surface area (Å²) in [5.41, 5.74) is 3.41. The normalized spacial score (nSPS) is 14.9. The summed E-state index contributed by atoms with van der Waals surface area (Å²) in [7, 11) is 0. The van der Waals surface area contributed by atoms with Crippen LogP contribution < -0.4 is 0 Å². The third-order valence-electron chi connectivity index (χ3n) is 3.12. The van der Waals surface area contributed by atoms with E-state index < -0.39 is 0 Å². The van der Waals surface area contributed by atoms with Gasteiger partial charge < -0.3 is 4.98 Å². The number of benzene rings is 1. The van der Waals surface area contributed by atoms with Gasteiger partial charge in [0.15, 0.2) is 0 Å². The number of rotatable bonds is 1. The number of nitrogens with one attached hydrogen (secondary N) is 1. The van der Waals surface area contributed by atoms with Crippen LogP contribution in [-0.2, 0) is 17.1 Å². The van der Waals surface area contributed by atoms with E-state index in [2.05, 4.69) is 58.6 Å². The molecule has 2 aromatic rings. The van der Waals surface area contributed by atoms with Crippen molar-refractivity contribution in [3.05, 3.63) is 72.6 Å². The molecule has 3 heteroatoms. The van der Waals surface area contributed by atoms with Gasteiger partial charge in [-0.3, -0.25) is 0 Å². The zero-order valence-corrected chi connectivity index (χ0v) is 12.2. The molecule has 0 aliphatic heterocycles. The molecule has 20 heavy (non-hydrogen) atoms. The number of fused-ring (bicyclic) bond motifs is 1. The molecule has 0 spiro atoms. The summed E-state index contributed by atoms with van der Waals surface area (Å²) in [6.07, 6.45) is 16.8. The number of allylic oxidation sites excluding steroid dienone is 8. The van der Waals surface area contributed by atoms with Gasteiger partial charge in [-0.05, 0) is 30.5 Å². The second-order valence-electron chi connectivity index (χ2n) is 4.52. The molecule has 0 atom stereocenters. The van der Waals surface area contributed by atoms with Gasteiger partial charge in [0, 0.05) is 17.1 Å². The monoisotopic (exact) mass is 304 g/mol. The van der Waals surface area contributed by atoms with Crippen LogP contribution in [-0.4, -0.2) is 9.97 Å². The van der Waals surface area contributed by atoms with E-state index in [0.29, 0.717) is 0 Å². The van der Waals surface area contributed by atoms with Crippen LogP contribution in [0.15, 0.2) is 66.8 Å². The Balaban J connectivity index is 0.000000210. The molecular formula is C17H16FeN2. The zero-order valence-electron chi connectivity index (χ0n) is 11.1. The molecule has 0 amide bonds. The first-order valence-corrected chi connectivity index (χ1v) is 6.56. The number of para-hydroxylation sites is 2. The average Bonchev–Trinajstić information content (AvgIpc) is 3.20. The Labute approximate surface area is 129 Å². The first kappa shape index (κ1) is 14.6. The summed E-state index contributed by atoms with van der Waals surface area (Å²) >= 11 is 0. The van der Waals surface area contributed by atoms with Gasteiger partial charge in [-0.15, -0.1) is 0 Å². The molecule has 1 aromatic carbocycles. The van der Waals surface area contributed by atoms with Crippen molar-refractivity contribution >= 4 is 16.6 Å². The number of hydrogen-bond donors (Lipinski definition) is 1. The molecule has 0 fully saturated rings. The van der Waals surface area contributed by atoms with Gasteiger partial charge in [-0.25, -0.2) is 4.98 Å². The van der Waals surface area contributed by atoms with E-state index in [1.807, 2.05) is 18.2 Å². The van der Waals surface area contributed by atoms with E-state index in [-0.39, 0.29) is 17.1 Å². The Kier molecular flexibility index (Phi) is 5.16. The van der Waals surface area contributed by atoms with Crippen LogP contribution in [0.1, 0.15) is 18.7 Å². The standard InChI is InChI=1S/C12H10N2.C5H6.Fe/c1-2-6-9(5-1)12-13-10-7-3-4-8-11(10)14-12;1-2-4-5-3-1;/h1-5,7-8H,6H2,(H,13,14);1-4H,5H2;. The number of imidazole rings is 1. The Bertz CT molecular complexity index is 647. The molecule has 2 nitrogen and oxygen atoms in total. The summed E-state index contributed by atoms with van der Waals surface area (Å²) in [5, 5.41) is 0. The minimum atomic E-state index is 0. The number of H-pyrrole nitrogens is 1. The van der Waals surface area contributed by atoms with Crippen LogP contribution >= 0.6 is 0 Å². The van der Waals surface area contributed by atoms with Crippen molar-refractivity contribution < 1.29 is 17.1 Å². The van der Waals surface area contributed by atoms with E-state index >= 15 is 0 Å². The largest absolute Gasteiger partial charge is 0.338 e. The molecule has 2 aliphatic rings. The third-order valence-corrected chi connectivity index (χ3v) is 3.12. The Morgan fingerprint density at radius 2 is 1.75 bits per heavy atom. The van der Waals surface area contributed by atoms with Crippen molar-refractivity contribution in [2.45, 2.75) is 12.8 Å². The van der Waals surface area contributed by atoms with Crippen LogP contribution in [0.2, 0.25) is 0 Å². The van der Waals surface area contributed by atoms with Crippen LogP contribution in [0, 0.1) is 0 Å². The Hall–Kier alpha value is -1.83. The quantitative estimate of drug-likeness (QED) is 0.777. The predicted molar refractivity (Wildman–Crippen MR) is 80.7 cm³/mol. The topological polar surface area (TPSA) is 28.7 Å². The molecule has 0 radical (unpaired) electrons. The maximum Gasteiger partial charge on any atom is 0.134 e. The number of aromatic nitrogens is 2. The van der Waals surface area contributed by atoms with Gasteiger partial charge in [0.1, 0.15) is 5.82 Å². The van der Waals surface area contributed by atoms with Crippen LogP contribution in [0.25, 0.3) is 16.6 Å². The van der Waals surface area contributed by atoms with Crippen molar-refractivity contribution in [2.24, 2.45) is 0 Å². The Morgan fingerprint density at radius 3 is 2.35 bits per heavy atom. The van der Waals surface area contributed by atoms with Crippen LogP contribution in [0.4, 0.5) is 0 Å². The molecule has 1 N–H and O–H groups in total. The maximum absolute atomic E-state index is 4.53. The minimum Gasteiger partial charge on any atom is -0.338 e. The van der Waals surface area contributed by atoms with Crippen molar-refractivity contribution in [1.29, 1.82) is 0 Å². The van der Waals surface area contributed by atoms with Gasteiger partial charge in [0.2, 0.25) is 0 Å². The smallest absolute Gasteiger partial charge is 0.134 e. The molecule has 2 aliphatic carbocycles. The van der Waals surface area contributed by atoms with Crippen molar-refractivity contribution in [2.75, 3.05) is 0 Å². The van der Waals surface area contributed by atoms with E-state index in [1.54, 1.807) is 0 Å². The fourth-order valence-corrected chi connectivity index (χ4v) is 2.12. The summed E-state index contributed by atoms with van der Waals surface area (Å²) in [5.74, 6) is 0.996. The predicted octanol–water partition coefficient (Wildman–Crippen LogP) is 4.41. The molecule has 0 saturated heterocycles. The Morgan fingerprint density at radius 1 is 0.950 bits per heavy atom. The second-order valence-corrected chi connectivity index (χ2v) is 4.52. The van der Waals surface area contributed by atoms with Gasteiger partial charge >= 0.3 is 0 Å². The van der Waals surface area contributed by atoms with Gasteiger partial charge in [-0.2, -0.15) is 0 Å². The fraction of sp³-hybridized carbons (Fsp3) is 0.118. The van der Waals surface area contributed by atoms with Crippen molar-refractivity contribution in [3.8, 4) is 0 Å². The van der Waals surface area contributed by atoms with Crippen LogP contribution in [0.3, 0.4) is 0 Å². The van der Waals surface area contributed by atoms with E-state index in [1.165, 1.54) is 5.57 Å². The molecule has 0 bridgehead atoms. The van der Waals surface area contributed by atoms with Gasteiger partial charge in [0.05, 0.1) is 11.0 Å². The third kappa shape index (κ3) is 3.38. The summed E-state index contributed by atoms with van der Waals surface area (Å²) in [6.45, 7) is 0. The molecule has 4 rings (SSSR count). The van der Waals surface area contributed by atoms with Gasteiger partial charge in [0.25, 0.3) is 0 Å². The second kappa shape index (κ2) is 7.09. The number of hydrogen-bond acceptors (Lipinski definition) is 1. The van der Waals surface area contributed by atoms with E-state index in [9.17, 15) is 0 Å². The molecule has 0 unspecified atom stereocenters. The fourth-order valence-electron chi connectivity index (χ4n) is 2.12. The SMILES string of the molecule is C1=CCC(c2nc3ccccc3[nH]2)=C1.C1=CCC=C1.[Fe]. The molecular weight excluding hydrogens is 288 g/mol. The molecule has 1 aromatic heterocycles.